The molecule has 0 radical (unpaired) electrons. The van der Waals surface area contributed by atoms with Crippen LogP contribution in [0, 0.1) is 0 Å². The molecule has 4 nitrogen and oxygen atoms in total. The van der Waals surface area contributed by atoms with E-state index in [4.69, 9.17) is 9.47 Å². The number of benzene rings is 1. The van der Waals surface area contributed by atoms with Gasteiger partial charge in [0.15, 0.2) is 5.13 Å². The summed E-state index contributed by atoms with van der Waals surface area (Å²) in [5, 5.41) is 4.38. The van der Waals surface area contributed by atoms with E-state index < -0.39 is 0 Å². The number of hydrogen-bond acceptors (Lipinski definition) is 5. The smallest absolute Gasteiger partial charge is 0.183 e. The number of thiazole rings is 1. The maximum atomic E-state index is 5.61. The topological polar surface area (TPSA) is 43.4 Å². The zero-order valence-corrected chi connectivity index (χ0v) is 12.8. The highest BCUT2D eigenvalue weighted by molar-refractivity contribution is 7.22. The van der Waals surface area contributed by atoms with Gasteiger partial charge >= 0.3 is 0 Å². The molecule has 3 rings (SSSR count). The predicted molar refractivity (Wildman–Crippen MR) is 82.9 cm³/mol. The highest BCUT2D eigenvalue weighted by Crippen LogP contribution is 2.36. The molecule has 108 valence electrons. The number of anilines is 1. The van der Waals surface area contributed by atoms with Gasteiger partial charge in [-0.25, -0.2) is 4.98 Å². The molecule has 1 fully saturated rings. The van der Waals surface area contributed by atoms with Crippen molar-refractivity contribution < 1.29 is 9.47 Å². The summed E-state index contributed by atoms with van der Waals surface area (Å²) in [4.78, 5) is 4.61. The zero-order chi connectivity index (χ0) is 14.0. The third-order valence-electron chi connectivity index (χ3n) is 3.93. The zero-order valence-electron chi connectivity index (χ0n) is 11.9. The molecule has 1 aliphatic carbocycles. The minimum atomic E-state index is 0.0222. The lowest BCUT2D eigenvalue weighted by Crippen LogP contribution is -2.45. The number of aromatic nitrogens is 1. The molecule has 1 aromatic carbocycles. The van der Waals surface area contributed by atoms with E-state index >= 15 is 0 Å². The fraction of sp³-hybridized carbons (Fsp3) is 0.533. The van der Waals surface area contributed by atoms with Gasteiger partial charge in [-0.05, 0) is 44.4 Å². The first-order chi connectivity index (χ1) is 9.74. The Hall–Kier alpha value is -1.33. The lowest BCUT2D eigenvalue weighted by atomic mass is 9.80. The Morgan fingerprint density at radius 3 is 2.90 bits per heavy atom. The molecular formula is C15H20N2O2S. The Labute approximate surface area is 123 Å². The second-order valence-corrected chi connectivity index (χ2v) is 6.21. The van der Waals surface area contributed by atoms with Crippen LogP contribution >= 0.6 is 11.3 Å². The molecule has 2 aromatic rings. The van der Waals surface area contributed by atoms with Gasteiger partial charge in [-0.1, -0.05) is 11.3 Å². The van der Waals surface area contributed by atoms with E-state index in [0.29, 0.717) is 6.61 Å². The lowest BCUT2D eigenvalue weighted by molar-refractivity contribution is -0.0601. The number of rotatable bonds is 6. The van der Waals surface area contributed by atoms with E-state index in [9.17, 15) is 0 Å². The largest absolute Gasteiger partial charge is 0.494 e. The summed E-state index contributed by atoms with van der Waals surface area (Å²) in [6, 6.07) is 6.03. The van der Waals surface area contributed by atoms with Crippen LogP contribution in [-0.4, -0.2) is 30.8 Å². The van der Waals surface area contributed by atoms with Crippen LogP contribution in [0.15, 0.2) is 18.2 Å². The predicted octanol–water partition coefficient (Wildman–Crippen LogP) is 3.68. The van der Waals surface area contributed by atoms with Gasteiger partial charge in [0.1, 0.15) is 5.75 Å². The summed E-state index contributed by atoms with van der Waals surface area (Å²) < 4.78 is 12.3. The average Bonchev–Trinajstić information content (AvgIpc) is 2.80. The molecule has 5 heteroatoms. The van der Waals surface area contributed by atoms with Gasteiger partial charge in [0.05, 0.1) is 22.4 Å². The first kappa shape index (κ1) is 13.6. The molecular weight excluding hydrogens is 272 g/mol. The molecule has 1 aromatic heterocycles. The lowest BCUT2D eigenvalue weighted by Gasteiger charge is -2.40. The molecule has 0 unspecified atom stereocenters. The monoisotopic (exact) mass is 292 g/mol. The highest BCUT2D eigenvalue weighted by atomic mass is 32.1. The van der Waals surface area contributed by atoms with Gasteiger partial charge in [-0.2, -0.15) is 0 Å². The van der Waals surface area contributed by atoms with E-state index in [1.165, 1.54) is 6.42 Å². The summed E-state index contributed by atoms with van der Waals surface area (Å²) >= 11 is 1.67. The van der Waals surface area contributed by atoms with Crippen LogP contribution in [0.3, 0.4) is 0 Å². The fourth-order valence-electron chi connectivity index (χ4n) is 2.50. The van der Waals surface area contributed by atoms with Crippen molar-refractivity contribution in [2.45, 2.75) is 31.8 Å². The molecule has 20 heavy (non-hydrogen) atoms. The van der Waals surface area contributed by atoms with Gasteiger partial charge in [0, 0.05) is 13.7 Å². The minimum Gasteiger partial charge on any atom is -0.494 e. The Morgan fingerprint density at radius 2 is 2.25 bits per heavy atom. The molecule has 0 spiro atoms. The molecule has 1 N–H and O–H groups in total. The summed E-state index contributed by atoms with van der Waals surface area (Å²) in [6.07, 6.45) is 3.53. The Kier molecular flexibility index (Phi) is 3.81. The van der Waals surface area contributed by atoms with Gasteiger partial charge in [0.2, 0.25) is 0 Å². The number of ether oxygens (including phenoxy) is 2. The van der Waals surface area contributed by atoms with Crippen LogP contribution in [0.4, 0.5) is 5.13 Å². The number of hydrogen-bond donors (Lipinski definition) is 1. The summed E-state index contributed by atoms with van der Waals surface area (Å²) in [7, 11) is 1.80. The van der Waals surface area contributed by atoms with Crippen LogP contribution in [0.1, 0.15) is 26.2 Å². The van der Waals surface area contributed by atoms with Crippen molar-refractivity contribution >= 4 is 26.7 Å². The molecule has 0 saturated heterocycles. The summed E-state index contributed by atoms with van der Waals surface area (Å²) in [6.45, 7) is 3.51. The Balaban J connectivity index is 1.72. The van der Waals surface area contributed by atoms with Crippen LogP contribution < -0.4 is 10.1 Å². The van der Waals surface area contributed by atoms with Crippen molar-refractivity contribution in [1.29, 1.82) is 0 Å². The third-order valence-corrected chi connectivity index (χ3v) is 4.91. The molecule has 0 bridgehead atoms. The van der Waals surface area contributed by atoms with Gasteiger partial charge in [0.25, 0.3) is 0 Å². The van der Waals surface area contributed by atoms with Crippen molar-refractivity contribution in [2.75, 3.05) is 25.6 Å². The van der Waals surface area contributed by atoms with Crippen molar-refractivity contribution in [3.05, 3.63) is 18.2 Å². The molecule has 0 aliphatic heterocycles. The fourth-order valence-corrected chi connectivity index (χ4v) is 3.39. The number of fused-ring (bicyclic) bond motifs is 1. The molecule has 1 heterocycles. The van der Waals surface area contributed by atoms with Crippen molar-refractivity contribution in [1.82, 2.24) is 4.98 Å². The van der Waals surface area contributed by atoms with Crippen LogP contribution in [0.2, 0.25) is 0 Å². The van der Waals surface area contributed by atoms with Gasteiger partial charge in [-0.15, -0.1) is 0 Å². The first-order valence-corrected chi connectivity index (χ1v) is 7.89. The summed E-state index contributed by atoms with van der Waals surface area (Å²) in [5.74, 6) is 0.905. The average molecular weight is 292 g/mol. The first-order valence-electron chi connectivity index (χ1n) is 7.07. The van der Waals surface area contributed by atoms with Crippen molar-refractivity contribution in [3.8, 4) is 5.75 Å². The summed E-state index contributed by atoms with van der Waals surface area (Å²) in [5.41, 5.74) is 1.04. The molecule has 0 atom stereocenters. The normalized spacial score (nSPS) is 16.9. The second kappa shape index (κ2) is 5.58. The van der Waals surface area contributed by atoms with Gasteiger partial charge < -0.3 is 14.8 Å². The van der Waals surface area contributed by atoms with Crippen molar-refractivity contribution in [2.24, 2.45) is 0 Å². The maximum absolute atomic E-state index is 5.61. The standard InChI is InChI=1S/C15H20N2O2S/c1-3-19-11-5-6-12-13(9-11)20-14(17-12)16-10-15(18-2)7-4-8-15/h5-6,9H,3-4,7-8,10H2,1-2H3,(H,16,17). The van der Waals surface area contributed by atoms with Gasteiger partial charge in [-0.3, -0.25) is 0 Å². The van der Waals surface area contributed by atoms with E-state index in [0.717, 1.165) is 40.5 Å². The second-order valence-electron chi connectivity index (χ2n) is 5.18. The van der Waals surface area contributed by atoms with Crippen molar-refractivity contribution in [3.63, 3.8) is 0 Å². The highest BCUT2D eigenvalue weighted by Gasteiger charge is 2.36. The van der Waals surface area contributed by atoms with E-state index in [-0.39, 0.29) is 5.60 Å². The maximum Gasteiger partial charge on any atom is 0.183 e. The van der Waals surface area contributed by atoms with Crippen LogP contribution in [0.5, 0.6) is 5.75 Å². The minimum absolute atomic E-state index is 0.0222. The Morgan fingerprint density at radius 1 is 1.40 bits per heavy atom. The van der Waals surface area contributed by atoms with E-state index in [1.807, 2.05) is 19.1 Å². The molecule has 0 amide bonds. The quantitative estimate of drug-likeness (QED) is 0.882. The van der Waals surface area contributed by atoms with E-state index in [2.05, 4.69) is 16.4 Å². The molecule has 1 aliphatic rings. The van der Waals surface area contributed by atoms with Crippen LogP contribution in [0.25, 0.3) is 10.2 Å². The number of nitrogens with zero attached hydrogens (tertiary/aromatic N) is 1. The molecule has 1 saturated carbocycles. The van der Waals surface area contributed by atoms with Crippen LogP contribution in [-0.2, 0) is 4.74 Å². The third kappa shape index (κ3) is 2.60. The SMILES string of the molecule is CCOc1ccc2nc(NCC3(OC)CCC3)sc2c1. The van der Waals surface area contributed by atoms with E-state index in [1.54, 1.807) is 18.4 Å². The number of nitrogens with one attached hydrogen (secondary N) is 1. The Bertz CT molecular complexity index is 587. The number of methoxy groups -OCH3 is 1.